The quantitative estimate of drug-likeness (QED) is 0.724. The van der Waals surface area contributed by atoms with Gasteiger partial charge in [-0.25, -0.2) is 9.18 Å². The van der Waals surface area contributed by atoms with E-state index in [1.807, 2.05) is 31.2 Å². The third kappa shape index (κ3) is 4.32. The summed E-state index contributed by atoms with van der Waals surface area (Å²) in [4.78, 5) is 28.3. The van der Waals surface area contributed by atoms with Crippen LogP contribution in [0.4, 0.5) is 9.18 Å². The molecule has 3 amide bonds. The Hall–Kier alpha value is -3.37. The standard InChI is InChI=1S/C25H26FN3O3/c1-2-13-27-25(32)28-14-21-24(22(16-30)29(21)23(31)15-28)19-9-5-17(6-10-19)3-4-18-7-11-20(26)12-8-18/h5-12,21-22,24,30H,2,13-16H2,1H3,(H,27,32)/t21-,22+,24-/m0/s1. The maximum atomic E-state index is 13.0. The molecule has 32 heavy (non-hydrogen) atoms. The van der Waals surface area contributed by atoms with E-state index in [4.69, 9.17) is 0 Å². The number of amides is 3. The van der Waals surface area contributed by atoms with Crippen LogP contribution in [0.2, 0.25) is 0 Å². The molecule has 3 atom stereocenters. The van der Waals surface area contributed by atoms with Gasteiger partial charge in [0.05, 0.1) is 18.7 Å². The van der Waals surface area contributed by atoms with E-state index >= 15 is 0 Å². The van der Waals surface area contributed by atoms with E-state index < -0.39 is 0 Å². The second-order valence-electron chi connectivity index (χ2n) is 8.14. The molecule has 6 nitrogen and oxygen atoms in total. The zero-order valence-corrected chi connectivity index (χ0v) is 17.9. The molecule has 2 heterocycles. The first kappa shape index (κ1) is 21.8. The zero-order chi connectivity index (χ0) is 22.7. The molecule has 0 radical (unpaired) electrons. The number of nitrogens with one attached hydrogen (secondary N) is 1. The fourth-order valence-electron chi connectivity index (χ4n) is 4.46. The van der Waals surface area contributed by atoms with Crippen molar-refractivity contribution in [3.63, 3.8) is 0 Å². The number of piperazine rings is 1. The van der Waals surface area contributed by atoms with Crippen LogP contribution in [-0.2, 0) is 4.79 Å². The first-order valence-corrected chi connectivity index (χ1v) is 10.8. The maximum absolute atomic E-state index is 13.0. The third-order valence-electron chi connectivity index (χ3n) is 6.06. The molecular weight excluding hydrogens is 409 g/mol. The van der Waals surface area contributed by atoms with Gasteiger partial charge in [0.1, 0.15) is 12.4 Å². The highest BCUT2D eigenvalue weighted by molar-refractivity contribution is 5.87. The van der Waals surface area contributed by atoms with Crippen LogP contribution >= 0.6 is 0 Å². The van der Waals surface area contributed by atoms with Crippen molar-refractivity contribution < 1.29 is 19.1 Å². The summed E-state index contributed by atoms with van der Waals surface area (Å²) in [6.07, 6.45) is 0.828. The van der Waals surface area contributed by atoms with Gasteiger partial charge in [-0.3, -0.25) is 4.79 Å². The molecule has 0 bridgehead atoms. The van der Waals surface area contributed by atoms with Gasteiger partial charge in [0, 0.05) is 30.1 Å². The van der Waals surface area contributed by atoms with Crippen molar-refractivity contribution in [3.8, 4) is 11.8 Å². The second-order valence-corrected chi connectivity index (χ2v) is 8.14. The van der Waals surface area contributed by atoms with Gasteiger partial charge in [-0.15, -0.1) is 0 Å². The van der Waals surface area contributed by atoms with Crippen molar-refractivity contribution in [1.29, 1.82) is 0 Å². The third-order valence-corrected chi connectivity index (χ3v) is 6.06. The highest BCUT2D eigenvalue weighted by atomic mass is 19.1. The smallest absolute Gasteiger partial charge is 0.317 e. The summed E-state index contributed by atoms with van der Waals surface area (Å²) < 4.78 is 13.0. The Balaban J connectivity index is 1.49. The fraction of sp³-hybridized carbons (Fsp3) is 0.360. The number of urea groups is 1. The van der Waals surface area contributed by atoms with E-state index in [1.165, 1.54) is 12.1 Å². The fourth-order valence-corrected chi connectivity index (χ4v) is 4.46. The highest BCUT2D eigenvalue weighted by Crippen LogP contribution is 2.42. The maximum Gasteiger partial charge on any atom is 0.317 e. The van der Waals surface area contributed by atoms with Crippen LogP contribution in [0.15, 0.2) is 48.5 Å². The topological polar surface area (TPSA) is 72.9 Å². The molecule has 0 aromatic heterocycles. The number of aliphatic hydroxyl groups excluding tert-OH is 1. The molecule has 2 aromatic carbocycles. The zero-order valence-electron chi connectivity index (χ0n) is 17.9. The number of aliphatic hydroxyl groups is 1. The minimum absolute atomic E-state index is 0.0349. The summed E-state index contributed by atoms with van der Waals surface area (Å²) >= 11 is 0. The number of rotatable bonds is 4. The van der Waals surface area contributed by atoms with Crippen molar-refractivity contribution in [2.45, 2.75) is 31.3 Å². The average molecular weight is 435 g/mol. The molecule has 2 saturated heterocycles. The van der Waals surface area contributed by atoms with Gasteiger partial charge in [0.2, 0.25) is 5.91 Å². The Labute approximate surface area is 187 Å². The van der Waals surface area contributed by atoms with Crippen LogP contribution in [0, 0.1) is 17.7 Å². The summed E-state index contributed by atoms with van der Waals surface area (Å²) in [6.45, 7) is 2.90. The van der Waals surface area contributed by atoms with Crippen LogP contribution in [0.25, 0.3) is 0 Å². The van der Waals surface area contributed by atoms with Crippen LogP contribution in [0.3, 0.4) is 0 Å². The second kappa shape index (κ2) is 9.41. The van der Waals surface area contributed by atoms with E-state index in [1.54, 1.807) is 21.9 Å². The minimum atomic E-state index is -0.296. The predicted molar refractivity (Wildman–Crippen MR) is 118 cm³/mol. The molecule has 4 rings (SSSR count). The number of carbonyl (C=O) groups is 2. The number of benzene rings is 2. The average Bonchev–Trinajstić information content (AvgIpc) is 2.79. The molecule has 0 aliphatic carbocycles. The van der Waals surface area contributed by atoms with E-state index in [0.29, 0.717) is 13.1 Å². The highest BCUT2D eigenvalue weighted by Gasteiger charge is 2.54. The molecule has 166 valence electrons. The van der Waals surface area contributed by atoms with Crippen molar-refractivity contribution in [2.75, 3.05) is 26.2 Å². The molecule has 0 saturated carbocycles. The summed E-state index contributed by atoms with van der Waals surface area (Å²) in [7, 11) is 0. The van der Waals surface area contributed by atoms with Crippen molar-refractivity contribution >= 4 is 11.9 Å². The van der Waals surface area contributed by atoms with E-state index in [9.17, 15) is 19.1 Å². The lowest BCUT2D eigenvalue weighted by molar-refractivity contribution is -0.159. The Morgan fingerprint density at radius 3 is 2.34 bits per heavy atom. The van der Waals surface area contributed by atoms with Crippen molar-refractivity contribution in [1.82, 2.24) is 15.1 Å². The SMILES string of the molecule is CCCNC(=O)N1CC(=O)N2[C@H](CO)[C@@H](c3ccc(C#Cc4ccc(F)cc4)cc3)[C@@H]2C1. The summed E-state index contributed by atoms with van der Waals surface area (Å²) in [6, 6.07) is 13.1. The normalized spacial score (nSPS) is 21.8. The van der Waals surface area contributed by atoms with Gasteiger partial charge >= 0.3 is 6.03 Å². The van der Waals surface area contributed by atoms with Crippen molar-refractivity contribution in [2.24, 2.45) is 0 Å². The number of fused-ring (bicyclic) bond motifs is 1. The van der Waals surface area contributed by atoms with Gasteiger partial charge in [-0.2, -0.15) is 0 Å². The largest absolute Gasteiger partial charge is 0.394 e. The molecule has 2 aromatic rings. The van der Waals surface area contributed by atoms with Gasteiger partial charge in [0.25, 0.3) is 0 Å². The Kier molecular flexibility index (Phi) is 6.42. The predicted octanol–water partition coefficient (Wildman–Crippen LogP) is 2.32. The monoisotopic (exact) mass is 435 g/mol. The lowest BCUT2D eigenvalue weighted by Crippen LogP contribution is -2.73. The molecular formula is C25H26FN3O3. The van der Waals surface area contributed by atoms with Gasteiger partial charge in [-0.05, 0) is 48.4 Å². The first-order chi connectivity index (χ1) is 15.5. The number of halogens is 1. The number of carbonyl (C=O) groups excluding carboxylic acids is 2. The Morgan fingerprint density at radius 2 is 1.75 bits per heavy atom. The molecule has 7 heteroatoms. The minimum Gasteiger partial charge on any atom is -0.394 e. The lowest BCUT2D eigenvalue weighted by atomic mass is 9.73. The number of hydrogen-bond acceptors (Lipinski definition) is 3. The summed E-state index contributed by atoms with van der Waals surface area (Å²) in [5, 5.41) is 12.7. The van der Waals surface area contributed by atoms with Crippen LogP contribution < -0.4 is 5.32 Å². The summed E-state index contributed by atoms with van der Waals surface area (Å²) in [5.41, 5.74) is 2.55. The molecule has 2 aliphatic rings. The van der Waals surface area contributed by atoms with Crippen LogP contribution in [0.5, 0.6) is 0 Å². The summed E-state index contributed by atoms with van der Waals surface area (Å²) in [5.74, 6) is 5.59. The molecule has 2 fully saturated rings. The van der Waals surface area contributed by atoms with E-state index in [2.05, 4.69) is 17.2 Å². The number of hydrogen-bond donors (Lipinski definition) is 2. The Bertz CT molecular complexity index is 1040. The first-order valence-electron chi connectivity index (χ1n) is 10.8. The molecule has 2 aliphatic heterocycles. The van der Waals surface area contributed by atoms with Crippen LogP contribution in [0.1, 0.15) is 36.0 Å². The van der Waals surface area contributed by atoms with Gasteiger partial charge in [-0.1, -0.05) is 30.9 Å². The van der Waals surface area contributed by atoms with E-state index in [-0.39, 0.29) is 48.9 Å². The number of nitrogens with zero attached hydrogens (tertiary/aromatic N) is 2. The van der Waals surface area contributed by atoms with Gasteiger partial charge in [0.15, 0.2) is 0 Å². The lowest BCUT2D eigenvalue weighted by Gasteiger charge is -2.58. The van der Waals surface area contributed by atoms with Gasteiger partial charge < -0.3 is 20.2 Å². The van der Waals surface area contributed by atoms with Crippen molar-refractivity contribution in [3.05, 3.63) is 71.0 Å². The van der Waals surface area contributed by atoms with E-state index in [0.717, 1.165) is 23.1 Å². The molecule has 2 N–H and O–H groups in total. The Morgan fingerprint density at radius 1 is 1.12 bits per heavy atom. The van der Waals surface area contributed by atoms with Crippen LogP contribution in [-0.4, -0.2) is 65.2 Å². The molecule has 0 unspecified atom stereocenters. The molecule has 0 spiro atoms.